The lowest BCUT2D eigenvalue weighted by molar-refractivity contribution is -0.137. The van der Waals surface area contributed by atoms with Gasteiger partial charge in [-0.15, -0.1) is 0 Å². The molecule has 1 N–H and O–H groups in total. The number of piperidine rings is 1. The van der Waals surface area contributed by atoms with Crippen molar-refractivity contribution >= 4 is 17.8 Å². The maximum atomic E-state index is 12.6. The van der Waals surface area contributed by atoms with Gasteiger partial charge in [-0.2, -0.15) is 5.01 Å². The standard InChI is InChI=1S/C17H19N3O3/c21-15(13-9-8-11-5-1-2-6-12(11)13)18-20-16(22)14-7-3-4-10-19(14)17(20)23/h1-2,5-6,13-14H,3-4,7-10H2,(H,18,21)/t13-,14?/m0/s1. The smallest absolute Gasteiger partial charge is 0.311 e. The topological polar surface area (TPSA) is 69.7 Å². The van der Waals surface area contributed by atoms with Gasteiger partial charge in [0.05, 0.1) is 5.92 Å². The first-order chi connectivity index (χ1) is 11.2. The highest BCUT2D eigenvalue weighted by Gasteiger charge is 2.47. The Balaban J connectivity index is 1.51. The largest absolute Gasteiger partial charge is 0.346 e. The van der Waals surface area contributed by atoms with Crippen LogP contribution >= 0.6 is 0 Å². The Morgan fingerprint density at radius 1 is 1.13 bits per heavy atom. The molecule has 0 saturated carbocycles. The number of amides is 4. The molecule has 0 aromatic heterocycles. The fraction of sp³-hybridized carbons (Fsp3) is 0.471. The lowest BCUT2D eigenvalue weighted by atomic mass is 10.0. The van der Waals surface area contributed by atoms with Gasteiger partial charge in [-0.3, -0.25) is 15.0 Å². The summed E-state index contributed by atoms with van der Waals surface area (Å²) >= 11 is 0. The van der Waals surface area contributed by atoms with E-state index in [1.165, 1.54) is 5.56 Å². The van der Waals surface area contributed by atoms with Gasteiger partial charge in [0.1, 0.15) is 6.04 Å². The second kappa shape index (κ2) is 5.37. The Hall–Kier alpha value is -2.37. The fourth-order valence-electron chi connectivity index (χ4n) is 3.91. The highest BCUT2D eigenvalue weighted by molar-refractivity contribution is 6.05. The van der Waals surface area contributed by atoms with Crippen molar-refractivity contribution in [2.75, 3.05) is 6.54 Å². The summed E-state index contributed by atoms with van der Waals surface area (Å²) in [6, 6.07) is 7.06. The lowest BCUT2D eigenvalue weighted by Gasteiger charge is -2.25. The van der Waals surface area contributed by atoms with Crippen LogP contribution in [0.1, 0.15) is 42.7 Å². The van der Waals surface area contributed by atoms with Crippen LogP contribution in [-0.4, -0.2) is 40.3 Å². The van der Waals surface area contributed by atoms with Crippen LogP contribution in [0.3, 0.4) is 0 Å². The molecule has 2 aliphatic heterocycles. The summed E-state index contributed by atoms with van der Waals surface area (Å²) in [4.78, 5) is 38.9. The van der Waals surface area contributed by atoms with Gasteiger partial charge >= 0.3 is 6.03 Å². The minimum absolute atomic E-state index is 0.267. The Morgan fingerprint density at radius 2 is 1.96 bits per heavy atom. The molecule has 2 saturated heterocycles. The van der Waals surface area contributed by atoms with E-state index in [1.54, 1.807) is 4.90 Å². The summed E-state index contributed by atoms with van der Waals surface area (Å²) in [5.41, 5.74) is 4.74. The van der Waals surface area contributed by atoms with Gasteiger partial charge in [-0.05, 0) is 43.2 Å². The third-order valence-electron chi connectivity index (χ3n) is 5.12. The van der Waals surface area contributed by atoms with E-state index in [-0.39, 0.29) is 23.8 Å². The average Bonchev–Trinajstić information content (AvgIpc) is 3.11. The zero-order valence-corrected chi connectivity index (χ0v) is 12.8. The highest BCUT2D eigenvalue weighted by Crippen LogP contribution is 2.33. The van der Waals surface area contributed by atoms with Gasteiger partial charge in [0.25, 0.3) is 5.91 Å². The lowest BCUT2D eigenvalue weighted by Crippen LogP contribution is -2.48. The van der Waals surface area contributed by atoms with Crippen molar-refractivity contribution in [1.29, 1.82) is 0 Å². The van der Waals surface area contributed by atoms with E-state index < -0.39 is 6.04 Å². The van der Waals surface area contributed by atoms with E-state index >= 15 is 0 Å². The molecule has 4 rings (SSSR count). The Labute approximate surface area is 134 Å². The molecule has 1 unspecified atom stereocenters. The molecule has 23 heavy (non-hydrogen) atoms. The van der Waals surface area contributed by atoms with Crippen LogP contribution in [0.15, 0.2) is 24.3 Å². The molecule has 6 heteroatoms. The third kappa shape index (κ3) is 2.20. The highest BCUT2D eigenvalue weighted by atomic mass is 16.2. The van der Waals surface area contributed by atoms with E-state index in [0.29, 0.717) is 19.4 Å². The van der Waals surface area contributed by atoms with Crippen molar-refractivity contribution in [2.45, 2.75) is 44.1 Å². The minimum atomic E-state index is -0.396. The Kier molecular flexibility index (Phi) is 3.32. The molecule has 1 aliphatic carbocycles. The summed E-state index contributed by atoms with van der Waals surface area (Å²) in [5.74, 6) is -0.852. The molecular formula is C17H19N3O3. The van der Waals surface area contributed by atoms with Crippen LogP contribution in [0.4, 0.5) is 4.79 Å². The summed E-state index contributed by atoms with van der Waals surface area (Å²) in [6.45, 7) is 0.591. The summed E-state index contributed by atoms with van der Waals surface area (Å²) in [5, 5.41) is 0.930. The number of hydrogen-bond donors (Lipinski definition) is 1. The summed E-state index contributed by atoms with van der Waals surface area (Å²) < 4.78 is 0. The number of carbonyl (C=O) groups is 3. The minimum Gasteiger partial charge on any atom is -0.311 e. The van der Waals surface area contributed by atoms with Crippen LogP contribution in [0.2, 0.25) is 0 Å². The van der Waals surface area contributed by atoms with Crippen LogP contribution in [-0.2, 0) is 16.0 Å². The molecule has 6 nitrogen and oxygen atoms in total. The van der Waals surface area contributed by atoms with Crippen LogP contribution in [0.25, 0.3) is 0 Å². The SMILES string of the molecule is O=C(NN1C(=O)C2CCCCN2C1=O)[C@H]1CCc2ccccc21. The van der Waals surface area contributed by atoms with Gasteiger partial charge in [0, 0.05) is 6.54 Å². The zero-order valence-electron chi connectivity index (χ0n) is 12.8. The number of rotatable bonds is 2. The van der Waals surface area contributed by atoms with Crippen LogP contribution in [0.5, 0.6) is 0 Å². The van der Waals surface area contributed by atoms with E-state index in [2.05, 4.69) is 5.43 Å². The average molecular weight is 313 g/mol. The van der Waals surface area contributed by atoms with Crippen LogP contribution in [0, 0.1) is 0 Å². The molecule has 120 valence electrons. The molecule has 0 bridgehead atoms. The van der Waals surface area contributed by atoms with E-state index in [1.807, 2.05) is 24.3 Å². The second-order valence-electron chi connectivity index (χ2n) is 6.43. The Bertz CT molecular complexity index is 663. The molecule has 2 atom stereocenters. The molecule has 2 fully saturated rings. The van der Waals surface area contributed by atoms with Crippen molar-refractivity contribution < 1.29 is 14.4 Å². The van der Waals surface area contributed by atoms with Gasteiger partial charge in [0.15, 0.2) is 0 Å². The molecule has 4 amide bonds. The quantitative estimate of drug-likeness (QED) is 0.843. The monoisotopic (exact) mass is 313 g/mol. The second-order valence-corrected chi connectivity index (χ2v) is 6.43. The summed E-state index contributed by atoms with van der Waals surface area (Å²) in [7, 11) is 0. The molecule has 0 spiro atoms. The molecule has 1 aromatic carbocycles. The molecule has 0 radical (unpaired) electrons. The first-order valence-electron chi connectivity index (χ1n) is 8.19. The van der Waals surface area contributed by atoms with E-state index in [9.17, 15) is 14.4 Å². The molecule has 2 heterocycles. The van der Waals surface area contributed by atoms with Crippen LogP contribution < -0.4 is 5.43 Å². The van der Waals surface area contributed by atoms with Gasteiger partial charge in [-0.25, -0.2) is 4.79 Å². The van der Waals surface area contributed by atoms with Gasteiger partial charge < -0.3 is 4.90 Å². The number of fused-ring (bicyclic) bond motifs is 2. The third-order valence-corrected chi connectivity index (χ3v) is 5.12. The predicted molar refractivity (Wildman–Crippen MR) is 82.2 cm³/mol. The van der Waals surface area contributed by atoms with Crippen molar-refractivity contribution in [1.82, 2.24) is 15.3 Å². The normalized spacial score (nSPS) is 26.3. The Morgan fingerprint density at radius 3 is 2.78 bits per heavy atom. The zero-order chi connectivity index (χ0) is 16.0. The first-order valence-corrected chi connectivity index (χ1v) is 8.19. The number of nitrogens with zero attached hydrogens (tertiary/aromatic N) is 2. The number of carbonyl (C=O) groups excluding carboxylic acids is 3. The number of hydrogen-bond acceptors (Lipinski definition) is 3. The van der Waals surface area contributed by atoms with E-state index in [4.69, 9.17) is 0 Å². The molecule has 3 aliphatic rings. The van der Waals surface area contributed by atoms with Crippen molar-refractivity contribution in [3.63, 3.8) is 0 Å². The number of urea groups is 1. The number of benzene rings is 1. The maximum Gasteiger partial charge on any atom is 0.346 e. The fourth-order valence-corrected chi connectivity index (χ4v) is 3.91. The molecule has 1 aromatic rings. The van der Waals surface area contributed by atoms with Crippen molar-refractivity contribution in [2.24, 2.45) is 0 Å². The van der Waals surface area contributed by atoms with Crippen molar-refractivity contribution in [3.8, 4) is 0 Å². The summed E-state index contributed by atoms with van der Waals surface area (Å²) in [6.07, 6.45) is 4.11. The number of hydrazine groups is 1. The molecular weight excluding hydrogens is 294 g/mol. The van der Waals surface area contributed by atoms with Gasteiger partial charge in [0.2, 0.25) is 5.91 Å². The van der Waals surface area contributed by atoms with E-state index in [0.717, 1.165) is 29.8 Å². The first kappa shape index (κ1) is 14.2. The predicted octanol–water partition coefficient (Wildman–Crippen LogP) is 1.56. The number of nitrogens with one attached hydrogen (secondary N) is 1. The van der Waals surface area contributed by atoms with Gasteiger partial charge in [-0.1, -0.05) is 24.3 Å². The maximum absolute atomic E-state index is 12.6. The number of aryl methyl sites for hydroxylation is 1. The number of imide groups is 1. The van der Waals surface area contributed by atoms with Crippen molar-refractivity contribution in [3.05, 3.63) is 35.4 Å².